The van der Waals surface area contributed by atoms with Crippen LogP contribution in [0.25, 0.3) is 5.65 Å². The molecule has 17 heavy (non-hydrogen) atoms. The number of H-pyrrole nitrogens is 1. The van der Waals surface area contributed by atoms with Crippen molar-refractivity contribution in [3.8, 4) is 0 Å². The van der Waals surface area contributed by atoms with E-state index >= 15 is 0 Å². The molecule has 6 nitrogen and oxygen atoms in total. The van der Waals surface area contributed by atoms with Gasteiger partial charge in [-0.15, -0.1) is 0 Å². The van der Waals surface area contributed by atoms with Gasteiger partial charge in [0, 0.05) is 24.0 Å². The molecule has 0 spiro atoms. The van der Waals surface area contributed by atoms with E-state index in [1.54, 1.807) is 16.9 Å². The smallest absolute Gasteiger partial charge is 0.157 e. The largest absolute Gasteiger partial charge is 0.363 e. The van der Waals surface area contributed by atoms with Gasteiger partial charge in [-0.1, -0.05) is 0 Å². The van der Waals surface area contributed by atoms with Gasteiger partial charge in [-0.3, -0.25) is 5.10 Å². The van der Waals surface area contributed by atoms with Crippen molar-refractivity contribution in [1.29, 1.82) is 0 Å². The summed E-state index contributed by atoms with van der Waals surface area (Å²) >= 11 is 0. The Morgan fingerprint density at radius 3 is 3.18 bits per heavy atom. The SMILES string of the molecule is CC(Nc1ccn2nccc2n1)c1cn[nH]c1. The van der Waals surface area contributed by atoms with Crippen LogP contribution < -0.4 is 5.32 Å². The van der Waals surface area contributed by atoms with Gasteiger partial charge >= 0.3 is 0 Å². The van der Waals surface area contributed by atoms with Crippen molar-refractivity contribution < 1.29 is 0 Å². The van der Waals surface area contributed by atoms with E-state index in [0.29, 0.717) is 0 Å². The normalized spacial score (nSPS) is 12.8. The van der Waals surface area contributed by atoms with E-state index < -0.39 is 0 Å². The molecule has 0 saturated carbocycles. The van der Waals surface area contributed by atoms with Crippen molar-refractivity contribution in [2.24, 2.45) is 0 Å². The van der Waals surface area contributed by atoms with Crippen molar-refractivity contribution in [2.45, 2.75) is 13.0 Å². The Morgan fingerprint density at radius 2 is 2.35 bits per heavy atom. The number of rotatable bonds is 3. The first-order chi connectivity index (χ1) is 8.33. The molecule has 0 aromatic carbocycles. The van der Waals surface area contributed by atoms with E-state index in [2.05, 4.69) is 32.5 Å². The topological polar surface area (TPSA) is 70.9 Å². The fourth-order valence-corrected chi connectivity index (χ4v) is 1.70. The van der Waals surface area contributed by atoms with E-state index in [9.17, 15) is 0 Å². The molecule has 0 radical (unpaired) electrons. The zero-order valence-corrected chi connectivity index (χ0v) is 9.33. The van der Waals surface area contributed by atoms with Crippen LogP contribution in [0.15, 0.2) is 36.9 Å². The summed E-state index contributed by atoms with van der Waals surface area (Å²) in [5.74, 6) is 0.826. The maximum atomic E-state index is 4.44. The first kappa shape index (κ1) is 9.83. The van der Waals surface area contributed by atoms with Gasteiger partial charge < -0.3 is 5.32 Å². The van der Waals surface area contributed by atoms with Crippen molar-refractivity contribution in [3.05, 3.63) is 42.5 Å². The van der Waals surface area contributed by atoms with Crippen LogP contribution in [0.2, 0.25) is 0 Å². The summed E-state index contributed by atoms with van der Waals surface area (Å²) in [6, 6.07) is 3.93. The second kappa shape index (κ2) is 3.89. The van der Waals surface area contributed by atoms with Crippen molar-refractivity contribution >= 4 is 11.5 Å². The Labute approximate surface area is 97.7 Å². The lowest BCUT2D eigenvalue weighted by Crippen LogP contribution is -2.07. The molecule has 1 atom stereocenters. The van der Waals surface area contributed by atoms with Crippen LogP contribution in [0.1, 0.15) is 18.5 Å². The van der Waals surface area contributed by atoms with Gasteiger partial charge in [0.1, 0.15) is 5.82 Å². The number of nitrogens with zero attached hydrogens (tertiary/aromatic N) is 4. The monoisotopic (exact) mass is 228 g/mol. The quantitative estimate of drug-likeness (QED) is 0.714. The third kappa shape index (κ3) is 1.84. The standard InChI is InChI=1S/C11H12N6/c1-8(9-6-12-13-7-9)15-10-3-5-17-11(16-10)2-4-14-17/h2-8H,1H3,(H,12,13)(H,15,16). The second-order valence-corrected chi connectivity index (χ2v) is 3.84. The van der Waals surface area contributed by atoms with Crippen LogP contribution in [0.3, 0.4) is 0 Å². The van der Waals surface area contributed by atoms with Crippen LogP contribution in [-0.4, -0.2) is 24.8 Å². The lowest BCUT2D eigenvalue weighted by Gasteiger charge is -2.12. The highest BCUT2D eigenvalue weighted by molar-refractivity contribution is 5.46. The Kier molecular flexibility index (Phi) is 2.25. The molecule has 2 N–H and O–H groups in total. The average molecular weight is 228 g/mol. The molecule has 0 aliphatic rings. The highest BCUT2D eigenvalue weighted by Gasteiger charge is 2.07. The first-order valence-corrected chi connectivity index (χ1v) is 5.38. The van der Waals surface area contributed by atoms with Crippen molar-refractivity contribution in [1.82, 2.24) is 24.8 Å². The summed E-state index contributed by atoms with van der Waals surface area (Å²) in [4.78, 5) is 4.44. The molecule has 1 unspecified atom stereocenters. The second-order valence-electron chi connectivity index (χ2n) is 3.84. The summed E-state index contributed by atoms with van der Waals surface area (Å²) in [5, 5.41) is 14.1. The van der Waals surface area contributed by atoms with Crippen molar-refractivity contribution in [3.63, 3.8) is 0 Å². The molecule has 3 heterocycles. The zero-order chi connectivity index (χ0) is 11.7. The van der Waals surface area contributed by atoms with E-state index in [4.69, 9.17) is 0 Å². The summed E-state index contributed by atoms with van der Waals surface area (Å²) in [6.45, 7) is 2.06. The van der Waals surface area contributed by atoms with Crippen LogP contribution in [0.5, 0.6) is 0 Å². The van der Waals surface area contributed by atoms with E-state index in [0.717, 1.165) is 17.0 Å². The maximum absolute atomic E-state index is 4.44. The molecule has 3 aromatic rings. The molecule has 0 aliphatic carbocycles. The van der Waals surface area contributed by atoms with Crippen LogP contribution >= 0.6 is 0 Å². The number of anilines is 1. The molecule has 0 fully saturated rings. The Balaban J connectivity index is 1.84. The van der Waals surface area contributed by atoms with E-state index in [-0.39, 0.29) is 6.04 Å². The Morgan fingerprint density at radius 1 is 1.41 bits per heavy atom. The van der Waals surface area contributed by atoms with E-state index in [1.807, 2.05) is 24.5 Å². The third-order valence-electron chi connectivity index (χ3n) is 2.64. The number of aromatic nitrogens is 5. The lowest BCUT2D eigenvalue weighted by molar-refractivity contribution is 0.868. The molecule has 86 valence electrons. The number of aromatic amines is 1. The number of hydrogen-bond donors (Lipinski definition) is 2. The molecule has 0 saturated heterocycles. The number of nitrogens with one attached hydrogen (secondary N) is 2. The highest BCUT2D eigenvalue weighted by atomic mass is 15.2. The molecule has 3 rings (SSSR count). The predicted molar refractivity (Wildman–Crippen MR) is 63.6 cm³/mol. The zero-order valence-electron chi connectivity index (χ0n) is 9.33. The molecular weight excluding hydrogens is 216 g/mol. The van der Waals surface area contributed by atoms with Gasteiger partial charge in [-0.2, -0.15) is 10.2 Å². The molecular formula is C11H12N6. The molecule has 3 aromatic heterocycles. The summed E-state index contributed by atoms with van der Waals surface area (Å²) in [6.07, 6.45) is 7.28. The molecule has 0 amide bonds. The van der Waals surface area contributed by atoms with Crippen LogP contribution in [0, 0.1) is 0 Å². The molecule has 6 heteroatoms. The minimum atomic E-state index is 0.159. The minimum absolute atomic E-state index is 0.159. The van der Waals surface area contributed by atoms with Gasteiger partial charge in [-0.05, 0) is 13.0 Å². The van der Waals surface area contributed by atoms with Crippen LogP contribution in [0.4, 0.5) is 5.82 Å². The summed E-state index contributed by atoms with van der Waals surface area (Å²) < 4.78 is 1.73. The Bertz CT molecular complexity index is 612. The minimum Gasteiger partial charge on any atom is -0.363 e. The number of hydrogen-bond acceptors (Lipinski definition) is 4. The van der Waals surface area contributed by atoms with Crippen molar-refractivity contribution in [2.75, 3.05) is 5.32 Å². The van der Waals surface area contributed by atoms with E-state index in [1.165, 1.54) is 0 Å². The average Bonchev–Trinajstić information content (AvgIpc) is 2.99. The Hall–Kier alpha value is -2.37. The van der Waals surface area contributed by atoms with Gasteiger partial charge in [0.25, 0.3) is 0 Å². The number of fused-ring (bicyclic) bond motifs is 1. The first-order valence-electron chi connectivity index (χ1n) is 5.38. The highest BCUT2D eigenvalue weighted by Crippen LogP contribution is 2.16. The van der Waals surface area contributed by atoms with Gasteiger partial charge in [0.15, 0.2) is 5.65 Å². The lowest BCUT2D eigenvalue weighted by atomic mass is 10.2. The molecule has 0 aliphatic heterocycles. The maximum Gasteiger partial charge on any atom is 0.157 e. The fraction of sp³-hybridized carbons (Fsp3) is 0.182. The predicted octanol–water partition coefficient (Wildman–Crippen LogP) is 1.63. The van der Waals surface area contributed by atoms with Gasteiger partial charge in [0.2, 0.25) is 0 Å². The third-order valence-corrected chi connectivity index (χ3v) is 2.64. The van der Waals surface area contributed by atoms with Gasteiger partial charge in [0.05, 0.1) is 18.4 Å². The van der Waals surface area contributed by atoms with Crippen LogP contribution in [-0.2, 0) is 0 Å². The molecule has 0 bridgehead atoms. The summed E-state index contributed by atoms with van der Waals surface area (Å²) in [5.41, 5.74) is 1.93. The summed E-state index contributed by atoms with van der Waals surface area (Å²) in [7, 11) is 0. The van der Waals surface area contributed by atoms with Gasteiger partial charge in [-0.25, -0.2) is 9.50 Å². The fourth-order valence-electron chi connectivity index (χ4n) is 1.70.